The Balaban J connectivity index is 1.29. The van der Waals surface area contributed by atoms with Crippen molar-refractivity contribution in [1.82, 2.24) is 29.1 Å². The lowest BCUT2D eigenvalue weighted by Crippen LogP contribution is -2.02. The van der Waals surface area contributed by atoms with Crippen molar-refractivity contribution < 1.29 is 0 Å². The van der Waals surface area contributed by atoms with Gasteiger partial charge in [0.2, 0.25) is 0 Å². The van der Waals surface area contributed by atoms with Crippen LogP contribution in [-0.4, -0.2) is 29.1 Å². The second-order valence-electron chi connectivity index (χ2n) is 10.8. The van der Waals surface area contributed by atoms with Gasteiger partial charge in [-0.1, -0.05) is 97.1 Å². The lowest BCUT2D eigenvalue weighted by atomic mass is 10.1. The summed E-state index contributed by atoms with van der Waals surface area (Å²) < 4.78 is 4.22. The van der Waals surface area contributed by atoms with Crippen LogP contribution >= 0.6 is 0 Å². The Labute approximate surface area is 252 Å². The predicted molar refractivity (Wildman–Crippen MR) is 177 cm³/mol. The van der Waals surface area contributed by atoms with Crippen molar-refractivity contribution in [2.24, 2.45) is 0 Å². The maximum atomic E-state index is 5.35. The lowest BCUT2D eigenvalue weighted by molar-refractivity contribution is 1.03. The number of benzene rings is 4. The molecule has 0 bridgehead atoms. The first kappa shape index (κ1) is 24.5. The molecule has 5 aromatic heterocycles. The van der Waals surface area contributed by atoms with Crippen LogP contribution in [0.25, 0.3) is 78.0 Å². The van der Waals surface area contributed by atoms with E-state index >= 15 is 0 Å². The van der Waals surface area contributed by atoms with E-state index in [0.29, 0.717) is 0 Å². The van der Waals surface area contributed by atoms with Crippen molar-refractivity contribution in [3.05, 3.63) is 146 Å². The van der Waals surface area contributed by atoms with E-state index in [9.17, 15) is 0 Å². The summed E-state index contributed by atoms with van der Waals surface area (Å²) in [7, 11) is 0. The van der Waals surface area contributed by atoms with Gasteiger partial charge in [0.25, 0.3) is 0 Å². The van der Waals surface area contributed by atoms with E-state index in [1.54, 1.807) is 0 Å². The predicted octanol–water partition coefficient (Wildman–Crippen LogP) is 8.79. The Kier molecular flexibility index (Phi) is 5.40. The van der Waals surface area contributed by atoms with Crippen LogP contribution in [0.2, 0.25) is 0 Å². The van der Waals surface area contributed by atoms with Gasteiger partial charge in [-0.3, -0.25) is 9.13 Å². The number of para-hydroxylation sites is 2. The minimum atomic E-state index is 0.753. The molecule has 0 atom stereocenters. The fourth-order valence-corrected chi connectivity index (χ4v) is 6.16. The first-order valence-corrected chi connectivity index (χ1v) is 14.6. The molecular weight excluding hydrogens is 540 g/mol. The van der Waals surface area contributed by atoms with Crippen LogP contribution in [0.5, 0.6) is 0 Å². The summed E-state index contributed by atoms with van der Waals surface area (Å²) in [6, 6.07) is 45.5. The monoisotopic (exact) mass is 564 g/mol. The molecule has 9 rings (SSSR count). The van der Waals surface area contributed by atoms with Gasteiger partial charge in [-0.2, -0.15) is 0 Å². The van der Waals surface area contributed by atoms with Crippen molar-refractivity contribution in [2.75, 3.05) is 0 Å². The van der Waals surface area contributed by atoms with E-state index in [2.05, 4.69) is 81.9 Å². The maximum absolute atomic E-state index is 5.35. The molecule has 0 unspecified atom stereocenters. The maximum Gasteiger partial charge on any atom is 0.168 e. The van der Waals surface area contributed by atoms with Gasteiger partial charge in [-0.25, -0.2) is 19.9 Å². The van der Waals surface area contributed by atoms with Crippen molar-refractivity contribution >= 4 is 44.1 Å². The van der Waals surface area contributed by atoms with Gasteiger partial charge in [0.1, 0.15) is 22.7 Å². The van der Waals surface area contributed by atoms with Crippen molar-refractivity contribution in [3.63, 3.8) is 0 Å². The van der Waals surface area contributed by atoms with Crippen molar-refractivity contribution in [3.8, 4) is 33.9 Å². The normalized spacial score (nSPS) is 11.6. The van der Waals surface area contributed by atoms with Crippen LogP contribution in [0, 0.1) is 0 Å². The van der Waals surface area contributed by atoms with Gasteiger partial charge in [0, 0.05) is 34.3 Å². The molecule has 0 aliphatic rings. The molecule has 0 amide bonds. The number of hydrogen-bond acceptors (Lipinski definition) is 4. The highest BCUT2D eigenvalue weighted by Crippen LogP contribution is 2.35. The van der Waals surface area contributed by atoms with Crippen LogP contribution in [0.15, 0.2) is 146 Å². The van der Waals surface area contributed by atoms with Gasteiger partial charge < -0.3 is 0 Å². The summed E-state index contributed by atoms with van der Waals surface area (Å²) in [5.41, 5.74) is 9.60. The standard InChI is InChI=1S/C38H24N6/c1-3-11-25(12-4-1)27-19-21-33(39-23-27)43-31-17-9-7-15-29(31)35-37(43)42-38-36(41-35)30-16-8-10-18-32(30)44(38)34-22-20-28(24-40-34)26-13-5-2-6-14-26/h1-24H. The van der Waals surface area contributed by atoms with Crippen LogP contribution in [-0.2, 0) is 0 Å². The van der Waals surface area contributed by atoms with Gasteiger partial charge in [-0.05, 0) is 47.5 Å². The summed E-state index contributed by atoms with van der Waals surface area (Å²) >= 11 is 0. The molecular formula is C38H24N6. The smallest absolute Gasteiger partial charge is 0.168 e. The average molecular weight is 565 g/mol. The number of aromatic nitrogens is 6. The van der Waals surface area contributed by atoms with Crippen LogP contribution < -0.4 is 0 Å². The highest BCUT2D eigenvalue weighted by atomic mass is 15.2. The number of fused-ring (bicyclic) bond motifs is 6. The van der Waals surface area contributed by atoms with Crippen molar-refractivity contribution in [2.45, 2.75) is 0 Å². The van der Waals surface area contributed by atoms with Crippen LogP contribution in [0.1, 0.15) is 0 Å². The summed E-state index contributed by atoms with van der Waals surface area (Å²) in [5.74, 6) is 1.58. The molecule has 0 N–H and O–H groups in total. The molecule has 0 spiro atoms. The van der Waals surface area contributed by atoms with E-state index in [1.807, 2.05) is 73.1 Å². The number of rotatable bonds is 4. The summed E-state index contributed by atoms with van der Waals surface area (Å²) in [6.07, 6.45) is 3.85. The van der Waals surface area contributed by atoms with E-state index in [-0.39, 0.29) is 0 Å². The molecule has 0 saturated heterocycles. The van der Waals surface area contributed by atoms with E-state index in [4.69, 9.17) is 19.9 Å². The summed E-state index contributed by atoms with van der Waals surface area (Å²) in [6.45, 7) is 0. The average Bonchev–Trinajstić information content (AvgIpc) is 3.60. The lowest BCUT2D eigenvalue weighted by Gasteiger charge is -2.09. The Morgan fingerprint density at radius 3 is 1.23 bits per heavy atom. The van der Waals surface area contributed by atoms with E-state index in [1.165, 1.54) is 0 Å². The second kappa shape index (κ2) is 9.71. The van der Waals surface area contributed by atoms with Crippen LogP contribution in [0.3, 0.4) is 0 Å². The minimum Gasteiger partial charge on any atom is -0.276 e. The molecule has 9 aromatic rings. The third-order valence-electron chi connectivity index (χ3n) is 8.25. The molecule has 6 heteroatoms. The third-order valence-corrected chi connectivity index (χ3v) is 8.25. The molecule has 4 aromatic carbocycles. The molecule has 0 aliphatic carbocycles. The molecule has 0 radical (unpaired) electrons. The Morgan fingerprint density at radius 1 is 0.364 bits per heavy atom. The van der Waals surface area contributed by atoms with E-state index < -0.39 is 0 Å². The zero-order valence-corrected chi connectivity index (χ0v) is 23.5. The van der Waals surface area contributed by atoms with Crippen LogP contribution in [0.4, 0.5) is 0 Å². The minimum absolute atomic E-state index is 0.753. The Bertz CT molecular complexity index is 2290. The molecule has 0 saturated carbocycles. The largest absolute Gasteiger partial charge is 0.276 e. The van der Waals surface area contributed by atoms with Gasteiger partial charge in [0.15, 0.2) is 11.3 Å². The molecule has 5 heterocycles. The SMILES string of the molecule is c1ccc(-c2ccc(-n3c4ccccc4c4nc5c6ccccc6n(-c6ccc(-c7ccccc7)cn6)c5nc43)nc2)cc1. The quantitative estimate of drug-likeness (QED) is 0.214. The highest BCUT2D eigenvalue weighted by Gasteiger charge is 2.21. The Hall–Kier alpha value is -6.14. The fraction of sp³-hybridized carbons (Fsp3) is 0. The molecule has 44 heavy (non-hydrogen) atoms. The van der Waals surface area contributed by atoms with Gasteiger partial charge >= 0.3 is 0 Å². The topological polar surface area (TPSA) is 61.4 Å². The molecule has 6 nitrogen and oxygen atoms in total. The van der Waals surface area contributed by atoms with Crippen molar-refractivity contribution in [1.29, 1.82) is 0 Å². The Morgan fingerprint density at radius 2 is 0.795 bits per heavy atom. The second-order valence-corrected chi connectivity index (χ2v) is 10.8. The summed E-state index contributed by atoms with van der Waals surface area (Å²) in [4.78, 5) is 20.5. The van der Waals surface area contributed by atoms with Gasteiger partial charge in [0.05, 0.1) is 11.0 Å². The molecule has 0 aliphatic heterocycles. The van der Waals surface area contributed by atoms with E-state index in [0.717, 1.165) is 78.0 Å². The molecule has 206 valence electrons. The molecule has 0 fully saturated rings. The highest BCUT2D eigenvalue weighted by molar-refractivity contribution is 6.12. The number of nitrogens with zero attached hydrogens (tertiary/aromatic N) is 6. The zero-order valence-electron chi connectivity index (χ0n) is 23.5. The fourth-order valence-electron chi connectivity index (χ4n) is 6.16. The first-order valence-electron chi connectivity index (χ1n) is 14.6. The number of hydrogen-bond donors (Lipinski definition) is 0. The zero-order chi connectivity index (χ0) is 29.0. The number of pyridine rings is 2. The first-order chi connectivity index (χ1) is 21.8. The van der Waals surface area contributed by atoms with Gasteiger partial charge in [-0.15, -0.1) is 0 Å². The third kappa shape index (κ3) is 3.75. The summed E-state index contributed by atoms with van der Waals surface area (Å²) in [5, 5.41) is 2.07.